The van der Waals surface area contributed by atoms with Crippen molar-refractivity contribution in [3.8, 4) is 5.75 Å². The Balaban J connectivity index is 3.07. The van der Waals surface area contributed by atoms with Crippen molar-refractivity contribution in [3.63, 3.8) is 0 Å². The van der Waals surface area contributed by atoms with E-state index in [2.05, 4.69) is 10.8 Å². The molecule has 0 unspecified atom stereocenters. The van der Waals surface area contributed by atoms with Gasteiger partial charge in [0.05, 0.1) is 7.11 Å². The van der Waals surface area contributed by atoms with Crippen molar-refractivity contribution < 1.29 is 13.5 Å². The SMILES string of the molecule is COc1[c]cc(F)cc1F. The minimum atomic E-state index is -0.734. The highest BCUT2D eigenvalue weighted by molar-refractivity contribution is 5.22. The Morgan fingerprint density at radius 1 is 1.50 bits per heavy atom. The van der Waals surface area contributed by atoms with Crippen molar-refractivity contribution >= 4 is 0 Å². The summed E-state index contributed by atoms with van der Waals surface area (Å²) < 4.78 is 29.1. The molecule has 3 heteroatoms. The molecule has 1 rings (SSSR count). The van der Waals surface area contributed by atoms with Gasteiger partial charge in [0.25, 0.3) is 0 Å². The predicted octanol–water partition coefficient (Wildman–Crippen LogP) is 1.77. The fourth-order valence-corrected chi connectivity index (χ4v) is 0.588. The first-order chi connectivity index (χ1) is 4.74. The van der Waals surface area contributed by atoms with E-state index in [1.54, 1.807) is 0 Å². The van der Waals surface area contributed by atoms with Gasteiger partial charge in [-0.1, -0.05) is 0 Å². The van der Waals surface area contributed by atoms with Gasteiger partial charge in [-0.25, -0.2) is 8.78 Å². The van der Waals surface area contributed by atoms with Crippen molar-refractivity contribution in [1.29, 1.82) is 0 Å². The fourth-order valence-electron chi connectivity index (χ4n) is 0.588. The number of hydrogen-bond acceptors (Lipinski definition) is 1. The molecule has 0 amide bonds. The molecule has 0 heterocycles. The maximum atomic E-state index is 12.5. The molecule has 1 aromatic rings. The second-order valence-corrected chi connectivity index (χ2v) is 1.70. The van der Waals surface area contributed by atoms with Crippen LogP contribution in [0.3, 0.4) is 0 Å². The topological polar surface area (TPSA) is 9.23 Å². The molecule has 0 fully saturated rings. The summed E-state index contributed by atoms with van der Waals surface area (Å²) in [6.45, 7) is 0. The Kier molecular flexibility index (Phi) is 1.85. The van der Waals surface area contributed by atoms with E-state index in [0.717, 1.165) is 12.1 Å². The predicted molar refractivity (Wildman–Crippen MR) is 31.7 cm³/mol. The van der Waals surface area contributed by atoms with Crippen LogP contribution in [0.1, 0.15) is 0 Å². The lowest BCUT2D eigenvalue weighted by atomic mass is 10.3. The summed E-state index contributed by atoms with van der Waals surface area (Å²) in [5, 5.41) is 0. The minimum absolute atomic E-state index is 0.0681. The minimum Gasteiger partial charge on any atom is -0.493 e. The Morgan fingerprint density at radius 2 is 2.20 bits per heavy atom. The van der Waals surface area contributed by atoms with Gasteiger partial charge in [-0.3, -0.25) is 0 Å². The van der Waals surface area contributed by atoms with Crippen LogP contribution in [-0.4, -0.2) is 7.11 Å². The van der Waals surface area contributed by atoms with Gasteiger partial charge in [-0.2, -0.15) is 0 Å². The number of ether oxygens (including phenoxy) is 1. The van der Waals surface area contributed by atoms with E-state index in [4.69, 9.17) is 0 Å². The molecule has 1 radical (unpaired) electrons. The fraction of sp³-hybridized carbons (Fsp3) is 0.143. The van der Waals surface area contributed by atoms with Crippen molar-refractivity contribution in [2.24, 2.45) is 0 Å². The third-order valence-corrected chi connectivity index (χ3v) is 1.03. The van der Waals surface area contributed by atoms with Crippen molar-refractivity contribution in [2.75, 3.05) is 7.11 Å². The van der Waals surface area contributed by atoms with Crippen LogP contribution in [0.25, 0.3) is 0 Å². The molecule has 1 nitrogen and oxygen atoms in total. The van der Waals surface area contributed by atoms with Gasteiger partial charge in [0.2, 0.25) is 0 Å². The van der Waals surface area contributed by atoms with Crippen LogP contribution < -0.4 is 4.74 Å². The average Bonchev–Trinajstić information content (AvgIpc) is 1.88. The molecule has 0 saturated carbocycles. The largest absolute Gasteiger partial charge is 0.493 e. The summed E-state index contributed by atoms with van der Waals surface area (Å²) in [5.74, 6) is -1.46. The van der Waals surface area contributed by atoms with Crippen LogP contribution in [0, 0.1) is 17.7 Å². The summed E-state index contributed by atoms with van der Waals surface area (Å²) in [7, 11) is 1.30. The number of rotatable bonds is 1. The summed E-state index contributed by atoms with van der Waals surface area (Å²) in [6, 6.07) is 4.04. The molecule has 0 N–H and O–H groups in total. The van der Waals surface area contributed by atoms with Crippen molar-refractivity contribution in [2.45, 2.75) is 0 Å². The summed E-state index contributed by atoms with van der Waals surface area (Å²) in [5.41, 5.74) is 0. The normalized spacial score (nSPS) is 9.50. The zero-order valence-corrected chi connectivity index (χ0v) is 5.32. The lowest BCUT2D eigenvalue weighted by molar-refractivity contribution is 0.383. The van der Waals surface area contributed by atoms with Gasteiger partial charge in [0.1, 0.15) is 5.82 Å². The maximum Gasteiger partial charge on any atom is 0.168 e. The Labute approximate surface area is 57.2 Å². The first kappa shape index (κ1) is 6.99. The molecule has 0 atom stereocenters. The highest BCUT2D eigenvalue weighted by atomic mass is 19.1. The average molecular weight is 143 g/mol. The first-order valence-electron chi connectivity index (χ1n) is 2.65. The lowest BCUT2D eigenvalue weighted by Gasteiger charge is -1.98. The monoisotopic (exact) mass is 143 g/mol. The zero-order valence-electron chi connectivity index (χ0n) is 5.32. The third kappa shape index (κ3) is 1.23. The Bertz CT molecular complexity index is 235. The number of benzene rings is 1. The van der Waals surface area contributed by atoms with Crippen molar-refractivity contribution in [3.05, 3.63) is 29.8 Å². The van der Waals surface area contributed by atoms with Crippen molar-refractivity contribution in [1.82, 2.24) is 0 Å². The molecular weight excluding hydrogens is 138 g/mol. The van der Waals surface area contributed by atoms with Crippen LogP contribution in [0.2, 0.25) is 0 Å². The number of hydrogen-bond donors (Lipinski definition) is 0. The standard InChI is InChI=1S/C7H5F2O/c1-10-7-3-2-5(8)4-6(7)9/h2,4H,1H3. The van der Waals surface area contributed by atoms with Crippen LogP contribution in [0.4, 0.5) is 8.78 Å². The van der Waals surface area contributed by atoms with E-state index >= 15 is 0 Å². The summed E-state index contributed by atoms with van der Waals surface area (Å²) in [6.07, 6.45) is 0. The molecule has 10 heavy (non-hydrogen) atoms. The smallest absolute Gasteiger partial charge is 0.168 e. The lowest BCUT2D eigenvalue weighted by Crippen LogP contribution is -1.88. The van der Waals surface area contributed by atoms with E-state index in [1.807, 2.05) is 0 Å². The van der Waals surface area contributed by atoms with Crippen LogP contribution >= 0.6 is 0 Å². The summed E-state index contributed by atoms with van der Waals surface area (Å²) in [4.78, 5) is 0. The first-order valence-corrected chi connectivity index (χ1v) is 2.65. The molecule has 0 aliphatic rings. The van der Waals surface area contributed by atoms with Crippen LogP contribution in [-0.2, 0) is 0 Å². The summed E-state index contributed by atoms with van der Waals surface area (Å²) >= 11 is 0. The van der Waals surface area contributed by atoms with Gasteiger partial charge >= 0.3 is 0 Å². The van der Waals surface area contributed by atoms with Gasteiger partial charge in [0, 0.05) is 12.1 Å². The molecular formula is C7H5F2O. The zero-order chi connectivity index (χ0) is 7.56. The highest BCUT2D eigenvalue weighted by Crippen LogP contribution is 2.15. The molecule has 0 bridgehead atoms. The molecule has 1 aromatic carbocycles. The van der Waals surface area contributed by atoms with E-state index in [1.165, 1.54) is 7.11 Å². The van der Waals surface area contributed by atoms with Gasteiger partial charge in [-0.15, -0.1) is 0 Å². The second kappa shape index (κ2) is 2.64. The highest BCUT2D eigenvalue weighted by Gasteiger charge is 2.01. The molecule has 0 aromatic heterocycles. The van der Waals surface area contributed by atoms with E-state index < -0.39 is 11.6 Å². The van der Waals surface area contributed by atoms with E-state index in [9.17, 15) is 8.78 Å². The molecule has 0 spiro atoms. The van der Waals surface area contributed by atoms with E-state index in [0.29, 0.717) is 0 Å². The van der Waals surface area contributed by atoms with Gasteiger partial charge in [-0.05, 0) is 6.07 Å². The van der Waals surface area contributed by atoms with E-state index in [-0.39, 0.29) is 5.75 Å². The quantitative estimate of drug-likeness (QED) is 0.582. The van der Waals surface area contributed by atoms with Crippen LogP contribution in [0.5, 0.6) is 5.75 Å². The van der Waals surface area contributed by atoms with Gasteiger partial charge < -0.3 is 4.74 Å². The second-order valence-electron chi connectivity index (χ2n) is 1.70. The van der Waals surface area contributed by atoms with Crippen LogP contribution in [0.15, 0.2) is 12.1 Å². The number of halogens is 2. The third-order valence-electron chi connectivity index (χ3n) is 1.03. The molecule has 0 aliphatic carbocycles. The molecule has 0 saturated heterocycles. The molecule has 53 valence electrons. The maximum absolute atomic E-state index is 12.5. The number of methoxy groups -OCH3 is 1. The Morgan fingerprint density at radius 3 is 2.70 bits per heavy atom. The van der Waals surface area contributed by atoms with Gasteiger partial charge in [0.15, 0.2) is 11.6 Å². The Hall–Kier alpha value is -1.12. The molecule has 0 aliphatic heterocycles.